The Morgan fingerprint density at radius 1 is 1.25 bits per heavy atom. The van der Waals surface area contributed by atoms with Crippen LogP contribution in [0, 0.1) is 0 Å². The van der Waals surface area contributed by atoms with Crippen LogP contribution < -0.4 is 10.1 Å². The van der Waals surface area contributed by atoms with Crippen molar-refractivity contribution in [2.24, 2.45) is 0 Å². The molecule has 1 aliphatic rings. The first-order chi connectivity index (χ1) is 9.79. The molecule has 0 radical (unpaired) electrons. The molecule has 0 spiro atoms. The molecule has 2 aromatic rings. The third-order valence-corrected chi connectivity index (χ3v) is 3.62. The van der Waals surface area contributed by atoms with Gasteiger partial charge >= 0.3 is 0 Å². The standard InChI is InChI=1S/C16H16N2O2/c1-20-14-7-4-8-17-15(14)16(19)13-9-11-5-2-3-6-12(11)10-18-13/h2-8,13,18H,9-10H2,1H3. The SMILES string of the molecule is COc1cccnc1C(=O)C1Cc2ccccc2CN1. The molecule has 102 valence electrons. The summed E-state index contributed by atoms with van der Waals surface area (Å²) in [5.41, 5.74) is 2.87. The number of Topliss-reactive ketones (excluding diaryl/α,β-unsaturated/α-hetero) is 1. The molecule has 1 aromatic heterocycles. The summed E-state index contributed by atoms with van der Waals surface area (Å²) in [6.07, 6.45) is 2.31. The second-order valence-electron chi connectivity index (χ2n) is 4.82. The van der Waals surface area contributed by atoms with Crippen molar-refractivity contribution in [1.29, 1.82) is 0 Å². The molecule has 4 nitrogen and oxygen atoms in total. The Labute approximate surface area is 117 Å². The summed E-state index contributed by atoms with van der Waals surface area (Å²) in [7, 11) is 1.55. The van der Waals surface area contributed by atoms with E-state index in [0.29, 0.717) is 24.4 Å². The van der Waals surface area contributed by atoms with Crippen LogP contribution in [0.4, 0.5) is 0 Å². The van der Waals surface area contributed by atoms with Gasteiger partial charge in [-0.05, 0) is 29.7 Å². The fraction of sp³-hybridized carbons (Fsp3) is 0.250. The molecule has 4 heteroatoms. The van der Waals surface area contributed by atoms with Gasteiger partial charge in [0, 0.05) is 12.7 Å². The van der Waals surface area contributed by atoms with Crippen molar-refractivity contribution in [3.05, 3.63) is 59.4 Å². The van der Waals surface area contributed by atoms with Crippen LogP contribution in [-0.4, -0.2) is 23.9 Å². The zero-order valence-corrected chi connectivity index (χ0v) is 11.3. The number of carbonyl (C=O) groups is 1. The third-order valence-electron chi connectivity index (χ3n) is 3.62. The van der Waals surface area contributed by atoms with Crippen molar-refractivity contribution in [2.45, 2.75) is 19.0 Å². The number of pyridine rings is 1. The molecule has 0 fully saturated rings. The molecule has 20 heavy (non-hydrogen) atoms. The Morgan fingerprint density at radius 2 is 2.05 bits per heavy atom. The lowest BCUT2D eigenvalue weighted by molar-refractivity contribution is 0.0929. The largest absolute Gasteiger partial charge is 0.494 e. The van der Waals surface area contributed by atoms with Crippen LogP contribution in [-0.2, 0) is 13.0 Å². The quantitative estimate of drug-likeness (QED) is 0.865. The van der Waals surface area contributed by atoms with E-state index >= 15 is 0 Å². The normalized spacial score (nSPS) is 17.4. The first-order valence-corrected chi connectivity index (χ1v) is 6.63. The highest BCUT2D eigenvalue weighted by Gasteiger charge is 2.27. The minimum Gasteiger partial charge on any atom is -0.494 e. The van der Waals surface area contributed by atoms with Crippen LogP contribution in [0.1, 0.15) is 21.6 Å². The van der Waals surface area contributed by atoms with E-state index < -0.39 is 0 Å². The summed E-state index contributed by atoms with van der Waals surface area (Å²) >= 11 is 0. The summed E-state index contributed by atoms with van der Waals surface area (Å²) in [6, 6.07) is 11.5. The van der Waals surface area contributed by atoms with Crippen molar-refractivity contribution >= 4 is 5.78 Å². The van der Waals surface area contributed by atoms with Gasteiger partial charge in [0.15, 0.2) is 0 Å². The molecule has 3 rings (SSSR count). The van der Waals surface area contributed by atoms with Crippen molar-refractivity contribution < 1.29 is 9.53 Å². The smallest absolute Gasteiger partial charge is 0.202 e. The van der Waals surface area contributed by atoms with Gasteiger partial charge in [-0.1, -0.05) is 24.3 Å². The van der Waals surface area contributed by atoms with E-state index in [9.17, 15) is 4.79 Å². The van der Waals surface area contributed by atoms with Crippen LogP contribution in [0.25, 0.3) is 0 Å². The zero-order valence-electron chi connectivity index (χ0n) is 11.3. The fourth-order valence-corrected chi connectivity index (χ4v) is 2.55. The number of nitrogens with zero attached hydrogens (tertiary/aromatic N) is 1. The van der Waals surface area contributed by atoms with Crippen LogP contribution >= 0.6 is 0 Å². The summed E-state index contributed by atoms with van der Waals surface area (Å²) < 4.78 is 5.22. The number of methoxy groups -OCH3 is 1. The Bertz CT molecular complexity index is 640. The first-order valence-electron chi connectivity index (χ1n) is 6.63. The lowest BCUT2D eigenvalue weighted by Crippen LogP contribution is -2.42. The molecular formula is C16H16N2O2. The average Bonchev–Trinajstić information content (AvgIpc) is 2.53. The van der Waals surface area contributed by atoms with Gasteiger partial charge in [-0.25, -0.2) is 4.98 Å². The number of rotatable bonds is 3. The van der Waals surface area contributed by atoms with E-state index in [1.54, 1.807) is 25.4 Å². The average molecular weight is 268 g/mol. The molecule has 1 atom stereocenters. The fourth-order valence-electron chi connectivity index (χ4n) is 2.55. The van der Waals surface area contributed by atoms with Crippen LogP contribution in [0.15, 0.2) is 42.6 Å². The second-order valence-corrected chi connectivity index (χ2v) is 4.82. The van der Waals surface area contributed by atoms with Crippen molar-refractivity contribution in [1.82, 2.24) is 10.3 Å². The van der Waals surface area contributed by atoms with Crippen LogP contribution in [0.2, 0.25) is 0 Å². The first kappa shape index (κ1) is 12.8. The number of hydrogen-bond donors (Lipinski definition) is 1. The number of nitrogens with one attached hydrogen (secondary N) is 1. The van der Waals surface area contributed by atoms with Gasteiger partial charge in [0.05, 0.1) is 13.2 Å². The van der Waals surface area contributed by atoms with E-state index in [-0.39, 0.29) is 11.8 Å². The maximum atomic E-state index is 12.6. The van der Waals surface area contributed by atoms with Crippen LogP contribution in [0.3, 0.4) is 0 Å². The van der Waals surface area contributed by atoms with E-state index in [1.807, 2.05) is 12.1 Å². The number of carbonyl (C=O) groups excluding carboxylic acids is 1. The highest BCUT2D eigenvalue weighted by molar-refractivity contribution is 6.01. The Hall–Kier alpha value is -2.20. The van der Waals surface area contributed by atoms with Crippen LogP contribution in [0.5, 0.6) is 5.75 Å². The zero-order chi connectivity index (χ0) is 13.9. The van der Waals surface area contributed by atoms with E-state index in [1.165, 1.54) is 11.1 Å². The monoisotopic (exact) mass is 268 g/mol. The highest BCUT2D eigenvalue weighted by Crippen LogP contribution is 2.21. The predicted octanol–water partition coefficient (Wildman–Crippen LogP) is 1.99. The molecule has 2 heterocycles. The van der Waals surface area contributed by atoms with Gasteiger partial charge in [0.2, 0.25) is 5.78 Å². The van der Waals surface area contributed by atoms with Gasteiger partial charge in [-0.2, -0.15) is 0 Å². The lowest BCUT2D eigenvalue weighted by Gasteiger charge is -2.25. The lowest BCUT2D eigenvalue weighted by atomic mass is 9.92. The van der Waals surface area contributed by atoms with Gasteiger partial charge < -0.3 is 10.1 Å². The summed E-state index contributed by atoms with van der Waals surface area (Å²) in [4.78, 5) is 16.8. The highest BCUT2D eigenvalue weighted by atomic mass is 16.5. The number of ether oxygens (including phenoxy) is 1. The van der Waals surface area contributed by atoms with E-state index in [4.69, 9.17) is 4.74 Å². The number of benzene rings is 1. The molecule has 1 unspecified atom stereocenters. The van der Waals surface area contributed by atoms with Gasteiger partial charge in [-0.15, -0.1) is 0 Å². The maximum absolute atomic E-state index is 12.6. The summed E-state index contributed by atoms with van der Waals surface area (Å²) in [5.74, 6) is 0.509. The molecule has 0 saturated heterocycles. The number of fused-ring (bicyclic) bond motifs is 1. The number of aromatic nitrogens is 1. The minimum absolute atomic E-state index is 0.0167. The number of ketones is 1. The second kappa shape index (κ2) is 5.43. The minimum atomic E-state index is -0.242. The molecular weight excluding hydrogens is 252 g/mol. The Balaban J connectivity index is 1.86. The molecule has 0 amide bonds. The molecule has 0 saturated carbocycles. The van der Waals surface area contributed by atoms with Crippen molar-refractivity contribution in [2.75, 3.05) is 7.11 Å². The summed E-state index contributed by atoms with van der Waals surface area (Å²) in [6.45, 7) is 0.710. The van der Waals surface area contributed by atoms with Gasteiger partial charge in [0.1, 0.15) is 11.4 Å². The summed E-state index contributed by atoms with van der Waals surface area (Å²) in [5, 5.41) is 3.28. The van der Waals surface area contributed by atoms with Crippen molar-refractivity contribution in [3.8, 4) is 5.75 Å². The van der Waals surface area contributed by atoms with Gasteiger partial charge in [0.25, 0.3) is 0 Å². The maximum Gasteiger partial charge on any atom is 0.202 e. The predicted molar refractivity (Wildman–Crippen MR) is 75.9 cm³/mol. The third kappa shape index (κ3) is 2.30. The topological polar surface area (TPSA) is 51.2 Å². The molecule has 1 aromatic carbocycles. The van der Waals surface area contributed by atoms with E-state index in [2.05, 4.69) is 22.4 Å². The molecule has 0 aliphatic carbocycles. The van der Waals surface area contributed by atoms with E-state index in [0.717, 1.165) is 0 Å². The molecule has 1 N–H and O–H groups in total. The Kier molecular flexibility index (Phi) is 3.48. The molecule has 1 aliphatic heterocycles. The van der Waals surface area contributed by atoms with Gasteiger partial charge in [-0.3, -0.25) is 4.79 Å². The number of hydrogen-bond acceptors (Lipinski definition) is 4. The molecule has 0 bridgehead atoms. The van der Waals surface area contributed by atoms with Crippen molar-refractivity contribution in [3.63, 3.8) is 0 Å². The Morgan fingerprint density at radius 3 is 2.85 bits per heavy atom.